The lowest BCUT2D eigenvalue weighted by molar-refractivity contribution is -0.128. The predicted molar refractivity (Wildman–Crippen MR) is 71.0 cm³/mol. The summed E-state index contributed by atoms with van der Waals surface area (Å²) in [5, 5.41) is 0. The Morgan fingerprint density at radius 3 is 2.28 bits per heavy atom. The Kier molecular flexibility index (Phi) is 3.08. The van der Waals surface area contributed by atoms with E-state index in [4.69, 9.17) is 0 Å². The Morgan fingerprint density at radius 2 is 1.72 bits per heavy atom. The molecule has 2 atom stereocenters. The number of hydrogen-bond acceptors (Lipinski definition) is 2. The minimum absolute atomic E-state index is 0.235. The van der Waals surface area contributed by atoms with Gasteiger partial charge in [-0.05, 0) is 17.4 Å². The smallest absolute Gasteiger partial charge is 0.219 e. The van der Waals surface area contributed by atoms with Crippen LogP contribution in [0.1, 0.15) is 12.5 Å². The summed E-state index contributed by atoms with van der Waals surface area (Å²) in [7, 11) is 0. The van der Waals surface area contributed by atoms with E-state index in [0.717, 1.165) is 32.7 Å². The van der Waals surface area contributed by atoms with Gasteiger partial charge in [0.1, 0.15) is 0 Å². The van der Waals surface area contributed by atoms with Gasteiger partial charge in [0, 0.05) is 39.6 Å². The van der Waals surface area contributed by atoms with Crippen LogP contribution in [0.2, 0.25) is 0 Å². The summed E-state index contributed by atoms with van der Waals surface area (Å²) in [6, 6.07) is 10.6. The lowest BCUT2D eigenvalue weighted by Gasteiger charge is -2.20. The van der Waals surface area contributed by atoms with Crippen molar-refractivity contribution in [1.29, 1.82) is 0 Å². The van der Waals surface area contributed by atoms with Crippen LogP contribution in [0.25, 0.3) is 0 Å². The van der Waals surface area contributed by atoms with Crippen molar-refractivity contribution in [3.05, 3.63) is 35.9 Å². The van der Waals surface area contributed by atoms with Crippen molar-refractivity contribution in [2.24, 2.45) is 11.8 Å². The van der Waals surface area contributed by atoms with Crippen molar-refractivity contribution in [2.45, 2.75) is 13.5 Å². The normalized spacial score (nSPS) is 27.5. The molecule has 2 saturated heterocycles. The average Bonchev–Trinajstić information content (AvgIpc) is 2.88. The summed E-state index contributed by atoms with van der Waals surface area (Å²) in [6.45, 7) is 6.94. The molecule has 0 unspecified atom stereocenters. The molecule has 0 aliphatic carbocycles. The molecule has 18 heavy (non-hydrogen) atoms. The predicted octanol–water partition coefficient (Wildman–Crippen LogP) is 1.60. The molecule has 1 aromatic rings. The van der Waals surface area contributed by atoms with Crippen LogP contribution in [0.3, 0.4) is 0 Å². The minimum Gasteiger partial charge on any atom is -0.342 e. The van der Waals surface area contributed by atoms with Crippen LogP contribution in [0.5, 0.6) is 0 Å². The summed E-state index contributed by atoms with van der Waals surface area (Å²) < 4.78 is 0. The third kappa shape index (κ3) is 2.27. The fourth-order valence-electron chi connectivity index (χ4n) is 3.32. The number of rotatable bonds is 2. The molecule has 2 aliphatic rings. The van der Waals surface area contributed by atoms with Crippen molar-refractivity contribution >= 4 is 5.91 Å². The van der Waals surface area contributed by atoms with E-state index in [-0.39, 0.29) is 5.91 Å². The quantitative estimate of drug-likeness (QED) is 0.789. The zero-order valence-electron chi connectivity index (χ0n) is 10.9. The van der Waals surface area contributed by atoms with Crippen LogP contribution in [0.4, 0.5) is 0 Å². The molecule has 1 amide bonds. The van der Waals surface area contributed by atoms with Crippen LogP contribution >= 0.6 is 0 Å². The van der Waals surface area contributed by atoms with Gasteiger partial charge < -0.3 is 4.90 Å². The molecule has 2 aliphatic heterocycles. The first kappa shape index (κ1) is 11.7. The summed E-state index contributed by atoms with van der Waals surface area (Å²) in [5.74, 6) is 1.62. The zero-order chi connectivity index (χ0) is 12.5. The Bertz CT molecular complexity index is 417. The van der Waals surface area contributed by atoms with Crippen molar-refractivity contribution in [3.8, 4) is 0 Å². The van der Waals surface area contributed by atoms with Crippen molar-refractivity contribution in [2.75, 3.05) is 26.2 Å². The Labute approximate surface area is 108 Å². The van der Waals surface area contributed by atoms with E-state index in [1.807, 2.05) is 4.90 Å². The number of amides is 1. The molecule has 2 fully saturated rings. The number of hydrogen-bond donors (Lipinski definition) is 0. The molecule has 2 heterocycles. The summed E-state index contributed by atoms with van der Waals surface area (Å²) in [4.78, 5) is 15.9. The standard InChI is InChI=1S/C15H20N2O/c1-12(18)17-10-14-8-16(9-15(14)11-17)7-13-5-3-2-4-6-13/h2-6,14-15H,7-11H2,1H3/t14-,15-/m0/s1. The van der Waals surface area contributed by atoms with E-state index in [2.05, 4.69) is 35.2 Å². The molecule has 0 saturated carbocycles. The lowest BCUT2D eigenvalue weighted by Crippen LogP contribution is -2.31. The Hall–Kier alpha value is -1.35. The second kappa shape index (κ2) is 4.73. The van der Waals surface area contributed by atoms with Gasteiger partial charge in [-0.25, -0.2) is 0 Å². The van der Waals surface area contributed by atoms with Crippen molar-refractivity contribution in [3.63, 3.8) is 0 Å². The van der Waals surface area contributed by atoms with Gasteiger partial charge in [-0.1, -0.05) is 30.3 Å². The van der Waals surface area contributed by atoms with E-state index in [1.165, 1.54) is 5.56 Å². The third-order valence-corrected chi connectivity index (χ3v) is 4.26. The fourth-order valence-corrected chi connectivity index (χ4v) is 3.32. The SMILES string of the molecule is CC(=O)N1C[C@@H]2CN(Cc3ccccc3)C[C@H]2C1. The topological polar surface area (TPSA) is 23.6 Å². The molecule has 1 aromatic carbocycles. The molecule has 0 spiro atoms. The first-order chi connectivity index (χ1) is 8.72. The van der Waals surface area contributed by atoms with Crippen LogP contribution in [0, 0.1) is 11.8 Å². The number of nitrogens with zero attached hydrogens (tertiary/aromatic N) is 2. The first-order valence-electron chi connectivity index (χ1n) is 6.74. The molecular formula is C15H20N2O. The number of carbonyl (C=O) groups is 1. The molecule has 0 bridgehead atoms. The van der Waals surface area contributed by atoms with Gasteiger partial charge in [0.25, 0.3) is 0 Å². The number of carbonyl (C=O) groups excluding carboxylic acids is 1. The highest BCUT2D eigenvalue weighted by Gasteiger charge is 2.40. The Balaban J connectivity index is 1.57. The Morgan fingerprint density at radius 1 is 1.11 bits per heavy atom. The zero-order valence-corrected chi connectivity index (χ0v) is 10.9. The number of fused-ring (bicyclic) bond motifs is 1. The second-order valence-electron chi connectivity index (χ2n) is 5.62. The molecule has 3 nitrogen and oxygen atoms in total. The van der Waals surface area contributed by atoms with Crippen LogP contribution < -0.4 is 0 Å². The van der Waals surface area contributed by atoms with E-state index >= 15 is 0 Å². The highest BCUT2D eigenvalue weighted by Crippen LogP contribution is 2.31. The van der Waals surface area contributed by atoms with Gasteiger partial charge >= 0.3 is 0 Å². The molecule has 0 aromatic heterocycles. The van der Waals surface area contributed by atoms with Crippen LogP contribution in [-0.2, 0) is 11.3 Å². The maximum absolute atomic E-state index is 11.4. The van der Waals surface area contributed by atoms with Crippen LogP contribution in [-0.4, -0.2) is 41.9 Å². The largest absolute Gasteiger partial charge is 0.342 e. The van der Waals surface area contributed by atoms with Crippen molar-refractivity contribution < 1.29 is 4.79 Å². The molecule has 0 N–H and O–H groups in total. The van der Waals surface area contributed by atoms with Gasteiger partial charge in [-0.15, -0.1) is 0 Å². The third-order valence-electron chi connectivity index (χ3n) is 4.26. The summed E-state index contributed by atoms with van der Waals surface area (Å²) in [5.41, 5.74) is 1.39. The second-order valence-corrected chi connectivity index (χ2v) is 5.62. The number of benzene rings is 1. The molecule has 0 radical (unpaired) electrons. The summed E-state index contributed by atoms with van der Waals surface area (Å²) >= 11 is 0. The van der Waals surface area contributed by atoms with E-state index < -0.39 is 0 Å². The van der Waals surface area contributed by atoms with Gasteiger partial charge in [0.15, 0.2) is 0 Å². The summed E-state index contributed by atoms with van der Waals surface area (Å²) in [6.07, 6.45) is 0. The van der Waals surface area contributed by atoms with E-state index in [1.54, 1.807) is 6.92 Å². The highest BCUT2D eigenvalue weighted by molar-refractivity contribution is 5.73. The van der Waals surface area contributed by atoms with Gasteiger partial charge in [0.05, 0.1) is 0 Å². The van der Waals surface area contributed by atoms with E-state index in [9.17, 15) is 4.79 Å². The number of likely N-dealkylation sites (tertiary alicyclic amines) is 2. The monoisotopic (exact) mass is 244 g/mol. The van der Waals surface area contributed by atoms with Gasteiger partial charge in [-0.3, -0.25) is 9.69 Å². The van der Waals surface area contributed by atoms with Crippen molar-refractivity contribution in [1.82, 2.24) is 9.80 Å². The molecular weight excluding hydrogens is 224 g/mol. The maximum atomic E-state index is 11.4. The van der Waals surface area contributed by atoms with Gasteiger partial charge in [0.2, 0.25) is 5.91 Å². The molecule has 96 valence electrons. The first-order valence-corrected chi connectivity index (χ1v) is 6.74. The minimum atomic E-state index is 0.235. The van der Waals surface area contributed by atoms with Gasteiger partial charge in [-0.2, -0.15) is 0 Å². The van der Waals surface area contributed by atoms with E-state index in [0.29, 0.717) is 11.8 Å². The lowest BCUT2D eigenvalue weighted by atomic mass is 10.0. The average molecular weight is 244 g/mol. The van der Waals surface area contributed by atoms with Crippen LogP contribution in [0.15, 0.2) is 30.3 Å². The maximum Gasteiger partial charge on any atom is 0.219 e. The highest BCUT2D eigenvalue weighted by atomic mass is 16.2. The fraction of sp³-hybridized carbons (Fsp3) is 0.533. The molecule has 3 heteroatoms. The molecule has 3 rings (SSSR count).